The molecule has 0 aromatic rings. The Morgan fingerprint density at radius 1 is 0.642 bits per heavy atom. The van der Waals surface area contributed by atoms with Gasteiger partial charge in [-0.2, -0.15) is 0 Å². The van der Waals surface area contributed by atoms with Gasteiger partial charge >= 0.3 is 0 Å². The molecule has 8 N–H and O–H groups in total. The molecule has 0 aromatic carbocycles. The molecule has 0 saturated carbocycles. The van der Waals surface area contributed by atoms with Crippen LogP contribution in [0, 0.1) is 0 Å². The molecule has 1 aliphatic heterocycles. The average Bonchev–Trinajstić information content (AvgIpc) is 3.16. The van der Waals surface area contributed by atoms with Gasteiger partial charge in [0.25, 0.3) is 0 Å². The average molecular weight is 760 g/mol. The Balaban J connectivity index is 2.18. The van der Waals surface area contributed by atoms with E-state index in [9.17, 15) is 40.5 Å². The number of hydrogen-bond donors (Lipinski definition) is 8. The van der Waals surface area contributed by atoms with Gasteiger partial charge in [-0.25, -0.2) is 0 Å². The summed E-state index contributed by atoms with van der Waals surface area (Å²) in [6.07, 6.45) is 22.9. The molecule has 1 saturated heterocycles. The zero-order valence-corrected chi connectivity index (χ0v) is 33.5. The largest absolute Gasteiger partial charge is 0.394 e. The van der Waals surface area contributed by atoms with Gasteiger partial charge in [-0.15, -0.1) is 0 Å². The van der Waals surface area contributed by atoms with E-state index < -0.39 is 74.2 Å². The maximum absolute atomic E-state index is 12.9. The summed E-state index contributed by atoms with van der Waals surface area (Å²) in [6.45, 7) is 3.15. The predicted molar refractivity (Wildman–Crippen MR) is 210 cm³/mol. The van der Waals surface area contributed by atoms with Gasteiger partial charge in [0.15, 0.2) is 6.29 Å². The van der Waals surface area contributed by atoms with Crippen LogP contribution in [0.3, 0.4) is 0 Å². The van der Waals surface area contributed by atoms with Crippen LogP contribution in [0.5, 0.6) is 0 Å². The summed E-state index contributed by atoms with van der Waals surface area (Å²) < 4.78 is 10.9. The zero-order valence-electron chi connectivity index (χ0n) is 33.5. The van der Waals surface area contributed by atoms with Crippen LogP contribution < -0.4 is 5.32 Å². The number of unbranched alkanes of at least 4 members (excludes halogenated alkanes) is 21. The van der Waals surface area contributed by atoms with Gasteiger partial charge in [0, 0.05) is 0 Å². The van der Waals surface area contributed by atoms with Crippen molar-refractivity contribution in [2.45, 2.75) is 236 Å². The standard InChI is InChI=1S/C42H81NO10/c1-3-5-7-8-9-10-11-12-13-14-15-16-17-18-19-20-21-22-23-24-25-26-27-28-30-35(46)41(51)43-33(37(47)34(45)29-6-4-2)32-52-42-40(50)39(49)38(48)36(31-44)53-42/h18-19,33-40,42,44-50H,3-17,20-32H2,1-2H3,(H,43,51)/b19-18-. The first kappa shape index (κ1) is 49.9. The molecule has 0 aromatic heterocycles. The Hall–Kier alpha value is -1.15. The van der Waals surface area contributed by atoms with Gasteiger partial charge in [0.05, 0.1) is 25.4 Å². The lowest BCUT2D eigenvalue weighted by Crippen LogP contribution is -2.60. The van der Waals surface area contributed by atoms with E-state index in [0.29, 0.717) is 12.8 Å². The second-order valence-electron chi connectivity index (χ2n) is 15.4. The van der Waals surface area contributed by atoms with Crippen molar-refractivity contribution < 1.29 is 50.0 Å². The summed E-state index contributed by atoms with van der Waals surface area (Å²) in [6, 6.07) is -1.16. The number of hydrogen-bond acceptors (Lipinski definition) is 10. The number of aliphatic hydroxyl groups is 7. The summed E-state index contributed by atoms with van der Waals surface area (Å²) in [7, 11) is 0. The van der Waals surface area contributed by atoms with Crippen molar-refractivity contribution in [2.24, 2.45) is 0 Å². The highest BCUT2D eigenvalue weighted by atomic mass is 16.7. The summed E-state index contributed by atoms with van der Waals surface area (Å²) in [5.41, 5.74) is 0. The van der Waals surface area contributed by atoms with Crippen molar-refractivity contribution in [1.29, 1.82) is 0 Å². The lowest BCUT2D eigenvalue weighted by atomic mass is 9.99. The highest BCUT2D eigenvalue weighted by Crippen LogP contribution is 2.23. The molecule has 11 nitrogen and oxygen atoms in total. The van der Waals surface area contributed by atoms with Gasteiger partial charge in [-0.3, -0.25) is 4.79 Å². The minimum atomic E-state index is -1.65. The molecule has 1 heterocycles. The molecule has 1 fully saturated rings. The molecule has 314 valence electrons. The second-order valence-corrected chi connectivity index (χ2v) is 15.4. The molecule has 0 bridgehead atoms. The summed E-state index contributed by atoms with van der Waals surface area (Å²) >= 11 is 0. The zero-order chi connectivity index (χ0) is 39.1. The number of carbonyl (C=O) groups excluding carboxylic acids is 1. The van der Waals surface area contributed by atoms with Crippen LogP contribution in [0.4, 0.5) is 0 Å². The quantitative estimate of drug-likeness (QED) is 0.0277. The van der Waals surface area contributed by atoms with E-state index in [1.54, 1.807) is 0 Å². The Morgan fingerprint density at radius 3 is 1.60 bits per heavy atom. The topological polar surface area (TPSA) is 189 Å². The molecule has 9 atom stereocenters. The van der Waals surface area contributed by atoms with Crippen LogP contribution in [-0.4, -0.2) is 110 Å². The summed E-state index contributed by atoms with van der Waals surface area (Å²) in [5.74, 6) is -0.711. The molecule has 1 rings (SSSR count). The van der Waals surface area contributed by atoms with Gasteiger partial charge in [0.2, 0.25) is 5.91 Å². The fourth-order valence-electron chi connectivity index (χ4n) is 6.89. The van der Waals surface area contributed by atoms with Crippen molar-refractivity contribution in [2.75, 3.05) is 13.2 Å². The third kappa shape index (κ3) is 23.5. The minimum Gasteiger partial charge on any atom is -0.394 e. The fourth-order valence-corrected chi connectivity index (χ4v) is 6.89. The van der Waals surface area contributed by atoms with Crippen molar-refractivity contribution in [3.63, 3.8) is 0 Å². The van der Waals surface area contributed by atoms with Gasteiger partial charge in [-0.05, 0) is 38.5 Å². The third-order valence-corrected chi connectivity index (χ3v) is 10.6. The Kier molecular flexibility index (Phi) is 31.1. The molecule has 53 heavy (non-hydrogen) atoms. The molecule has 11 heteroatoms. The van der Waals surface area contributed by atoms with Crippen LogP contribution in [-0.2, 0) is 14.3 Å². The minimum absolute atomic E-state index is 0.256. The second kappa shape index (κ2) is 33.0. The maximum Gasteiger partial charge on any atom is 0.249 e. The van der Waals surface area contributed by atoms with E-state index in [4.69, 9.17) is 9.47 Å². The number of rotatable bonds is 35. The third-order valence-electron chi connectivity index (χ3n) is 10.6. The molecule has 9 unspecified atom stereocenters. The number of ether oxygens (including phenoxy) is 2. The number of carbonyl (C=O) groups is 1. The number of aliphatic hydroxyl groups excluding tert-OH is 7. The lowest BCUT2D eigenvalue weighted by Gasteiger charge is -2.40. The molecule has 0 spiro atoms. The van der Waals surface area contributed by atoms with E-state index in [2.05, 4.69) is 24.4 Å². The van der Waals surface area contributed by atoms with E-state index in [0.717, 1.165) is 32.1 Å². The highest BCUT2D eigenvalue weighted by molar-refractivity contribution is 5.80. The monoisotopic (exact) mass is 760 g/mol. The molecule has 0 radical (unpaired) electrons. The van der Waals surface area contributed by atoms with E-state index in [1.807, 2.05) is 6.92 Å². The Morgan fingerprint density at radius 2 is 1.11 bits per heavy atom. The first-order chi connectivity index (χ1) is 25.7. The van der Waals surface area contributed by atoms with E-state index in [-0.39, 0.29) is 12.8 Å². The van der Waals surface area contributed by atoms with Gasteiger partial charge in [-0.1, -0.05) is 154 Å². The van der Waals surface area contributed by atoms with Crippen LogP contribution in [0.2, 0.25) is 0 Å². The van der Waals surface area contributed by atoms with Gasteiger partial charge < -0.3 is 50.5 Å². The van der Waals surface area contributed by atoms with Crippen LogP contribution in [0.1, 0.15) is 181 Å². The Labute approximate surface area is 322 Å². The van der Waals surface area contributed by atoms with Crippen molar-refractivity contribution >= 4 is 5.91 Å². The number of allylic oxidation sites excluding steroid dienone is 2. The number of nitrogens with one attached hydrogen (secondary N) is 1. The smallest absolute Gasteiger partial charge is 0.249 e. The van der Waals surface area contributed by atoms with Crippen LogP contribution in [0.25, 0.3) is 0 Å². The maximum atomic E-state index is 12.9. The highest BCUT2D eigenvalue weighted by Gasteiger charge is 2.44. The predicted octanol–water partition coefficient (Wildman–Crippen LogP) is 6.11. The first-order valence-corrected chi connectivity index (χ1v) is 21.6. The Bertz CT molecular complexity index is 877. The molecule has 1 amide bonds. The van der Waals surface area contributed by atoms with Gasteiger partial charge in [0.1, 0.15) is 36.6 Å². The van der Waals surface area contributed by atoms with Crippen molar-refractivity contribution in [1.82, 2.24) is 5.32 Å². The first-order valence-electron chi connectivity index (χ1n) is 21.6. The number of amides is 1. The molecule has 0 aliphatic carbocycles. The molecular formula is C42H81NO10. The van der Waals surface area contributed by atoms with Crippen LogP contribution in [0.15, 0.2) is 12.2 Å². The van der Waals surface area contributed by atoms with Crippen molar-refractivity contribution in [3.8, 4) is 0 Å². The van der Waals surface area contributed by atoms with Crippen LogP contribution >= 0.6 is 0 Å². The van der Waals surface area contributed by atoms with E-state index in [1.165, 1.54) is 109 Å². The molecular weight excluding hydrogens is 678 g/mol. The van der Waals surface area contributed by atoms with E-state index >= 15 is 0 Å². The van der Waals surface area contributed by atoms with Crippen molar-refractivity contribution in [3.05, 3.63) is 12.2 Å². The molecule has 1 aliphatic rings. The normalized spacial score (nSPS) is 22.9. The summed E-state index contributed by atoms with van der Waals surface area (Å²) in [5, 5.41) is 74.2. The summed E-state index contributed by atoms with van der Waals surface area (Å²) in [4.78, 5) is 12.9. The SMILES string of the molecule is CCCCCCCCCCCCCC/C=C\CCCCCCCCCCC(O)C(=O)NC(COC1OC(CO)C(O)C(O)C1O)C(O)C(O)CCCC. The fraction of sp³-hybridized carbons (Fsp3) is 0.929. The lowest BCUT2D eigenvalue weighted by molar-refractivity contribution is -0.303.